The molecule has 1 rings (SSSR count). The largest absolute Gasteiger partial charge is 0.371 e. The molecule has 2 nitrogen and oxygen atoms in total. The lowest BCUT2D eigenvalue weighted by molar-refractivity contribution is 0.615. The van der Waals surface area contributed by atoms with Crippen LogP contribution < -0.4 is 4.90 Å². The first kappa shape index (κ1) is 10.5. The lowest BCUT2D eigenvalue weighted by Gasteiger charge is -2.20. The fourth-order valence-electron chi connectivity index (χ4n) is 1.31. The Kier molecular flexibility index (Phi) is 3.47. The Morgan fingerprint density at radius 3 is 2.71 bits per heavy atom. The van der Waals surface area contributed by atoms with Gasteiger partial charge in [-0.2, -0.15) is 5.26 Å². The molecule has 0 fully saturated rings. The number of nitrogens with zero attached hydrogens (tertiary/aromatic N) is 2. The summed E-state index contributed by atoms with van der Waals surface area (Å²) >= 11 is 0. The van der Waals surface area contributed by atoms with E-state index in [0.29, 0.717) is 12.2 Å². The van der Waals surface area contributed by atoms with Gasteiger partial charge in [-0.1, -0.05) is 12.1 Å². The van der Waals surface area contributed by atoms with Crippen LogP contribution in [0.25, 0.3) is 0 Å². The van der Waals surface area contributed by atoms with Gasteiger partial charge in [-0.15, -0.1) is 0 Å². The first-order chi connectivity index (χ1) is 6.65. The highest BCUT2D eigenvalue weighted by Gasteiger charge is 2.09. The van der Waals surface area contributed by atoms with E-state index in [1.807, 2.05) is 6.92 Å². The molecule has 0 aliphatic rings. The van der Waals surface area contributed by atoms with Crippen molar-refractivity contribution in [3.8, 4) is 6.07 Å². The van der Waals surface area contributed by atoms with Crippen molar-refractivity contribution in [3.05, 3.63) is 30.1 Å². The Morgan fingerprint density at radius 2 is 2.14 bits per heavy atom. The van der Waals surface area contributed by atoms with Gasteiger partial charge in [0.15, 0.2) is 0 Å². The van der Waals surface area contributed by atoms with E-state index >= 15 is 0 Å². The summed E-state index contributed by atoms with van der Waals surface area (Å²) in [4.78, 5) is 1.75. The maximum atomic E-state index is 13.3. The summed E-state index contributed by atoms with van der Waals surface area (Å²) in [6, 6.07) is 8.69. The lowest BCUT2D eigenvalue weighted by Crippen LogP contribution is -2.23. The van der Waals surface area contributed by atoms with Crippen LogP contribution in [0.15, 0.2) is 24.3 Å². The van der Waals surface area contributed by atoms with Crippen molar-refractivity contribution >= 4 is 5.69 Å². The molecule has 0 aliphatic carbocycles. The molecule has 0 amide bonds. The van der Waals surface area contributed by atoms with Gasteiger partial charge in [0.1, 0.15) is 5.82 Å². The summed E-state index contributed by atoms with van der Waals surface area (Å²) in [6.07, 6.45) is 0. The smallest absolute Gasteiger partial charge is 0.146 e. The van der Waals surface area contributed by atoms with E-state index in [1.54, 1.807) is 30.1 Å². The van der Waals surface area contributed by atoms with Gasteiger partial charge in [0.25, 0.3) is 0 Å². The highest BCUT2D eigenvalue weighted by atomic mass is 19.1. The number of nitriles is 1. The standard InChI is InChI=1S/C11H13FN2/c1-9(7-13)8-14(2)11-6-4-3-5-10(11)12/h3-6,9H,8H2,1-2H3. The van der Waals surface area contributed by atoms with Crippen LogP contribution in [0.2, 0.25) is 0 Å². The van der Waals surface area contributed by atoms with Crippen LogP contribution in [0, 0.1) is 23.1 Å². The van der Waals surface area contributed by atoms with Gasteiger partial charge in [0.2, 0.25) is 0 Å². The maximum absolute atomic E-state index is 13.3. The van der Waals surface area contributed by atoms with Crippen LogP contribution in [-0.2, 0) is 0 Å². The number of benzene rings is 1. The van der Waals surface area contributed by atoms with Gasteiger partial charge in [-0.3, -0.25) is 0 Å². The Labute approximate surface area is 83.6 Å². The highest BCUT2D eigenvalue weighted by molar-refractivity contribution is 5.46. The van der Waals surface area contributed by atoms with Gasteiger partial charge in [-0.25, -0.2) is 4.39 Å². The van der Waals surface area contributed by atoms with Gasteiger partial charge in [0, 0.05) is 13.6 Å². The van der Waals surface area contributed by atoms with Gasteiger partial charge < -0.3 is 4.90 Å². The molecular formula is C11H13FN2. The quantitative estimate of drug-likeness (QED) is 0.735. The number of halogens is 1. The molecule has 0 aromatic heterocycles. The molecule has 0 saturated heterocycles. The molecule has 1 unspecified atom stereocenters. The lowest BCUT2D eigenvalue weighted by atomic mass is 10.2. The Hall–Kier alpha value is -1.56. The molecule has 1 aromatic rings. The van der Waals surface area contributed by atoms with Gasteiger partial charge >= 0.3 is 0 Å². The number of hydrogen-bond acceptors (Lipinski definition) is 2. The molecule has 0 N–H and O–H groups in total. The molecule has 0 spiro atoms. The van der Waals surface area contributed by atoms with Crippen molar-refractivity contribution in [2.45, 2.75) is 6.92 Å². The normalized spacial score (nSPS) is 11.9. The van der Waals surface area contributed by atoms with Gasteiger partial charge in [-0.05, 0) is 19.1 Å². The minimum absolute atomic E-state index is 0.0976. The number of rotatable bonds is 3. The van der Waals surface area contributed by atoms with Crippen LogP contribution in [-0.4, -0.2) is 13.6 Å². The molecule has 1 aromatic carbocycles. The van der Waals surface area contributed by atoms with Crippen LogP contribution >= 0.6 is 0 Å². The Morgan fingerprint density at radius 1 is 1.50 bits per heavy atom. The van der Waals surface area contributed by atoms with E-state index in [4.69, 9.17) is 5.26 Å². The summed E-state index contributed by atoms with van der Waals surface area (Å²) in [5, 5.41) is 8.63. The molecule has 0 saturated carbocycles. The third kappa shape index (κ3) is 2.46. The summed E-state index contributed by atoms with van der Waals surface area (Å²) in [5.74, 6) is -0.347. The Balaban J connectivity index is 2.75. The third-order valence-corrected chi connectivity index (χ3v) is 2.03. The predicted octanol–water partition coefficient (Wildman–Crippen LogP) is 2.42. The molecule has 0 heterocycles. The van der Waals surface area contributed by atoms with E-state index in [1.165, 1.54) is 6.07 Å². The first-order valence-electron chi connectivity index (χ1n) is 4.50. The molecule has 3 heteroatoms. The molecule has 14 heavy (non-hydrogen) atoms. The van der Waals surface area contributed by atoms with Crippen LogP contribution in [0.1, 0.15) is 6.92 Å². The van der Waals surface area contributed by atoms with E-state index in [0.717, 1.165) is 0 Å². The maximum Gasteiger partial charge on any atom is 0.146 e. The minimum atomic E-state index is -0.250. The second kappa shape index (κ2) is 4.61. The zero-order valence-corrected chi connectivity index (χ0v) is 8.37. The molecule has 74 valence electrons. The van der Waals surface area contributed by atoms with Crippen molar-refractivity contribution in [2.24, 2.45) is 5.92 Å². The summed E-state index contributed by atoms with van der Waals surface area (Å²) in [5.41, 5.74) is 0.537. The van der Waals surface area contributed by atoms with Crippen LogP contribution in [0.4, 0.5) is 10.1 Å². The van der Waals surface area contributed by atoms with E-state index in [-0.39, 0.29) is 11.7 Å². The monoisotopic (exact) mass is 192 g/mol. The zero-order chi connectivity index (χ0) is 10.6. The molecular weight excluding hydrogens is 179 g/mol. The van der Waals surface area contributed by atoms with E-state index in [2.05, 4.69) is 6.07 Å². The molecule has 0 bridgehead atoms. The van der Waals surface area contributed by atoms with E-state index in [9.17, 15) is 4.39 Å². The second-order valence-electron chi connectivity index (χ2n) is 3.36. The minimum Gasteiger partial charge on any atom is -0.371 e. The topological polar surface area (TPSA) is 27.0 Å². The number of para-hydroxylation sites is 1. The van der Waals surface area contributed by atoms with Crippen molar-refractivity contribution in [2.75, 3.05) is 18.5 Å². The third-order valence-electron chi connectivity index (χ3n) is 2.03. The molecule has 0 radical (unpaired) electrons. The SMILES string of the molecule is CC(C#N)CN(C)c1ccccc1F. The Bertz CT molecular complexity index is 343. The average Bonchev–Trinajstić information content (AvgIpc) is 2.18. The summed E-state index contributed by atoms with van der Waals surface area (Å²) in [6.45, 7) is 2.36. The number of hydrogen-bond donors (Lipinski definition) is 0. The first-order valence-corrected chi connectivity index (χ1v) is 4.50. The summed E-state index contributed by atoms with van der Waals surface area (Å²) in [7, 11) is 1.78. The van der Waals surface area contributed by atoms with Crippen LogP contribution in [0.3, 0.4) is 0 Å². The highest BCUT2D eigenvalue weighted by Crippen LogP contribution is 2.17. The molecule has 1 atom stereocenters. The fourth-order valence-corrected chi connectivity index (χ4v) is 1.31. The van der Waals surface area contributed by atoms with Crippen molar-refractivity contribution in [3.63, 3.8) is 0 Å². The van der Waals surface area contributed by atoms with Crippen LogP contribution in [0.5, 0.6) is 0 Å². The van der Waals surface area contributed by atoms with E-state index < -0.39 is 0 Å². The fraction of sp³-hybridized carbons (Fsp3) is 0.364. The number of anilines is 1. The van der Waals surface area contributed by atoms with Crippen molar-refractivity contribution < 1.29 is 4.39 Å². The molecule has 0 aliphatic heterocycles. The predicted molar refractivity (Wildman–Crippen MR) is 54.4 cm³/mol. The summed E-state index contributed by atoms with van der Waals surface area (Å²) < 4.78 is 13.3. The average molecular weight is 192 g/mol. The van der Waals surface area contributed by atoms with Gasteiger partial charge in [0.05, 0.1) is 17.7 Å². The van der Waals surface area contributed by atoms with Crippen molar-refractivity contribution in [1.29, 1.82) is 5.26 Å². The van der Waals surface area contributed by atoms with Crippen molar-refractivity contribution in [1.82, 2.24) is 0 Å². The second-order valence-corrected chi connectivity index (χ2v) is 3.36. The zero-order valence-electron chi connectivity index (χ0n) is 8.37.